The molecular formula is C19H21FN6O. The largest absolute Gasteiger partial charge is 0.336 e. The molecule has 2 aromatic heterocycles. The minimum absolute atomic E-state index is 0.104. The number of benzene rings is 1. The van der Waals surface area contributed by atoms with Crippen LogP contribution in [-0.2, 0) is 13.6 Å². The van der Waals surface area contributed by atoms with Gasteiger partial charge in [-0.1, -0.05) is 12.1 Å². The first-order chi connectivity index (χ1) is 13.1. The van der Waals surface area contributed by atoms with Crippen LogP contribution in [0.3, 0.4) is 0 Å². The summed E-state index contributed by atoms with van der Waals surface area (Å²) in [5, 5.41) is 10.0. The van der Waals surface area contributed by atoms with Crippen molar-refractivity contribution in [3.63, 3.8) is 0 Å². The predicted octanol–water partition coefficient (Wildman–Crippen LogP) is 3.08. The summed E-state index contributed by atoms with van der Waals surface area (Å²) in [4.78, 5) is 16.8. The fourth-order valence-corrected chi connectivity index (χ4v) is 3.14. The van der Waals surface area contributed by atoms with Crippen molar-refractivity contribution in [2.75, 3.05) is 5.32 Å². The molecule has 0 radical (unpaired) electrons. The molecule has 2 amide bonds. The van der Waals surface area contributed by atoms with Crippen molar-refractivity contribution in [3.8, 4) is 0 Å². The standard InChI is InChI=1S/C19H21FN6O/c1-25-8-7-21-18(25)17(14-5-6-14)24-19(27)23-16-10-22-26(12-16)11-13-3-2-4-15(20)9-13/h2-4,7-10,12,14,17H,5-6,11H2,1H3,(H2,23,24,27)/t17-/m0/s1. The van der Waals surface area contributed by atoms with E-state index in [2.05, 4.69) is 20.7 Å². The van der Waals surface area contributed by atoms with Crippen molar-refractivity contribution < 1.29 is 9.18 Å². The Morgan fingerprint density at radius 2 is 2.26 bits per heavy atom. The monoisotopic (exact) mass is 368 g/mol. The van der Waals surface area contributed by atoms with Crippen LogP contribution in [0.15, 0.2) is 49.1 Å². The van der Waals surface area contributed by atoms with Crippen molar-refractivity contribution in [2.45, 2.75) is 25.4 Å². The van der Waals surface area contributed by atoms with Crippen LogP contribution < -0.4 is 10.6 Å². The molecule has 140 valence electrons. The highest BCUT2D eigenvalue weighted by Crippen LogP contribution is 2.40. The first kappa shape index (κ1) is 17.3. The number of amides is 2. The van der Waals surface area contributed by atoms with E-state index in [9.17, 15) is 9.18 Å². The zero-order valence-corrected chi connectivity index (χ0v) is 15.0. The summed E-state index contributed by atoms with van der Waals surface area (Å²) in [6, 6.07) is 5.97. The van der Waals surface area contributed by atoms with Gasteiger partial charge in [-0.3, -0.25) is 4.68 Å². The van der Waals surface area contributed by atoms with E-state index in [4.69, 9.17) is 0 Å². The van der Waals surface area contributed by atoms with E-state index in [1.54, 1.807) is 29.3 Å². The second kappa shape index (κ2) is 7.22. The van der Waals surface area contributed by atoms with E-state index in [1.165, 1.54) is 12.1 Å². The molecule has 0 bridgehead atoms. The molecular weight excluding hydrogens is 347 g/mol. The van der Waals surface area contributed by atoms with Crippen LogP contribution in [0.5, 0.6) is 0 Å². The number of halogens is 1. The number of nitrogens with zero attached hydrogens (tertiary/aromatic N) is 4. The molecule has 0 unspecified atom stereocenters. The summed E-state index contributed by atoms with van der Waals surface area (Å²) in [5.74, 6) is 1.000. The van der Waals surface area contributed by atoms with Crippen LogP contribution in [0.4, 0.5) is 14.9 Å². The summed E-state index contributed by atoms with van der Waals surface area (Å²) >= 11 is 0. The zero-order valence-electron chi connectivity index (χ0n) is 15.0. The molecule has 1 aromatic carbocycles. The lowest BCUT2D eigenvalue weighted by atomic mass is 10.2. The van der Waals surface area contributed by atoms with Crippen LogP contribution in [-0.4, -0.2) is 25.4 Å². The molecule has 27 heavy (non-hydrogen) atoms. The summed E-state index contributed by atoms with van der Waals surface area (Å²) < 4.78 is 16.9. The Hall–Kier alpha value is -3.16. The Morgan fingerprint density at radius 1 is 1.41 bits per heavy atom. The first-order valence-electron chi connectivity index (χ1n) is 8.90. The maximum Gasteiger partial charge on any atom is 0.319 e. The second-order valence-corrected chi connectivity index (χ2v) is 6.87. The van der Waals surface area contributed by atoms with Gasteiger partial charge in [0, 0.05) is 25.6 Å². The third-order valence-electron chi connectivity index (χ3n) is 4.64. The SMILES string of the molecule is Cn1ccnc1[C@@H](NC(=O)Nc1cnn(Cc2cccc(F)c2)c1)C1CC1. The van der Waals surface area contributed by atoms with Gasteiger partial charge in [0.25, 0.3) is 0 Å². The average Bonchev–Trinajstić information content (AvgIpc) is 3.25. The van der Waals surface area contributed by atoms with Crippen molar-refractivity contribution in [2.24, 2.45) is 13.0 Å². The molecule has 1 fully saturated rings. The first-order valence-corrected chi connectivity index (χ1v) is 8.90. The van der Waals surface area contributed by atoms with Crippen LogP contribution in [0.1, 0.15) is 30.3 Å². The van der Waals surface area contributed by atoms with Crippen LogP contribution in [0.25, 0.3) is 0 Å². The van der Waals surface area contributed by atoms with Crippen LogP contribution >= 0.6 is 0 Å². The van der Waals surface area contributed by atoms with Gasteiger partial charge in [0.1, 0.15) is 11.6 Å². The van der Waals surface area contributed by atoms with Crippen LogP contribution in [0, 0.1) is 11.7 Å². The number of aryl methyl sites for hydroxylation is 1. The molecule has 0 saturated heterocycles. The Kier molecular flexibility index (Phi) is 4.62. The Morgan fingerprint density at radius 3 is 2.96 bits per heavy atom. The highest BCUT2D eigenvalue weighted by atomic mass is 19.1. The number of carbonyl (C=O) groups excluding carboxylic acids is 1. The van der Waals surface area contributed by atoms with Crippen molar-refractivity contribution in [3.05, 3.63) is 66.3 Å². The lowest BCUT2D eigenvalue weighted by Gasteiger charge is -2.18. The van der Waals surface area contributed by atoms with E-state index >= 15 is 0 Å². The fourth-order valence-electron chi connectivity index (χ4n) is 3.14. The molecule has 2 N–H and O–H groups in total. The van der Waals surface area contributed by atoms with Crippen molar-refractivity contribution in [1.82, 2.24) is 24.6 Å². The Bertz CT molecular complexity index is 945. The molecule has 1 atom stereocenters. The average molecular weight is 368 g/mol. The number of aromatic nitrogens is 4. The molecule has 2 heterocycles. The number of rotatable bonds is 6. The van der Waals surface area contributed by atoms with Gasteiger partial charge >= 0.3 is 6.03 Å². The number of hydrogen-bond acceptors (Lipinski definition) is 3. The van der Waals surface area contributed by atoms with Gasteiger partial charge in [-0.2, -0.15) is 5.10 Å². The fraction of sp³-hybridized carbons (Fsp3) is 0.316. The number of anilines is 1. The number of hydrogen-bond donors (Lipinski definition) is 2. The van der Waals surface area contributed by atoms with E-state index in [1.807, 2.05) is 23.9 Å². The van der Waals surface area contributed by atoms with Gasteiger partial charge in [0.15, 0.2) is 0 Å². The smallest absolute Gasteiger partial charge is 0.319 e. The summed E-state index contributed by atoms with van der Waals surface area (Å²) in [6.07, 6.45) is 9.08. The minimum atomic E-state index is -0.291. The predicted molar refractivity (Wildman–Crippen MR) is 98.6 cm³/mol. The van der Waals surface area contributed by atoms with Gasteiger partial charge in [0.05, 0.1) is 24.5 Å². The van der Waals surface area contributed by atoms with E-state index < -0.39 is 0 Å². The third kappa shape index (κ3) is 4.16. The number of imidazole rings is 1. The van der Waals surface area contributed by atoms with Crippen molar-refractivity contribution >= 4 is 11.7 Å². The number of carbonyl (C=O) groups is 1. The van der Waals surface area contributed by atoms with Gasteiger partial charge in [-0.25, -0.2) is 14.2 Å². The highest BCUT2D eigenvalue weighted by Gasteiger charge is 2.35. The van der Waals surface area contributed by atoms with Gasteiger partial charge < -0.3 is 15.2 Å². The maximum atomic E-state index is 13.3. The molecule has 4 rings (SSSR count). The second-order valence-electron chi connectivity index (χ2n) is 6.87. The van der Waals surface area contributed by atoms with E-state index in [0.29, 0.717) is 18.2 Å². The summed E-state index contributed by atoms with van der Waals surface area (Å²) in [7, 11) is 1.92. The minimum Gasteiger partial charge on any atom is -0.336 e. The quantitative estimate of drug-likeness (QED) is 0.702. The van der Waals surface area contributed by atoms with E-state index in [-0.39, 0.29) is 17.9 Å². The summed E-state index contributed by atoms with van der Waals surface area (Å²) in [6.45, 7) is 0.430. The molecule has 1 aliphatic rings. The molecule has 1 aliphatic carbocycles. The Balaban J connectivity index is 1.38. The lowest BCUT2D eigenvalue weighted by molar-refractivity contribution is 0.246. The lowest BCUT2D eigenvalue weighted by Crippen LogP contribution is -2.34. The molecule has 8 heteroatoms. The van der Waals surface area contributed by atoms with Crippen molar-refractivity contribution in [1.29, 1.82) is 0 Å². The molecule has 0 spiro atoms. The van der Waals surface area contributed by atoms with Gasteiger partial charge in [-0.05, 0) is 36.5 Å². The summed E-state index contributed by atoms with van der Waals surface area (Å²) in [5.41, 5.74) is 1.39. The Labute approximate surface area is 156 Å². The highest BCUT2D eigenvalue weighted by molar-refractivity contribution is 5.89. The molecule has 1 saturated carbocycles. The number of urea groups is 1. The zero-order chi connectivity index (χ0) is 18.8. The van der Waals surface area contributed by atoms with Gasteiger partial charge in [-0.15, -0.1) is 0 Å². The molecule has 7 nitrogen and oxygen atoms in total. The molecule has 3 aromatic rings. The number of nitrogens with one attached hydrogen (secondary N) is 2. The third-order valence-corrected chi connectivity index (χ3v) is 4.64. The van der Waals surface area contributed by atoms with Crippen LogP contribution in [0.2, 0.25) is 0 Å². The normalized spacial score (nSPS) is 14.7. The maximum absolute atomic E-state index is 13.3. The topological polar surface area (TPSA) is 76.8 Å². The van der Waals surface area contributed by atoms with Gasteiger partial charge in [0.2, 0.25) is 0 Å². The molecule has 0 aliphatic heterocycles. The van der Waals surface area contributed by atoms with E-state index in [0.717, 1.165) is 24.2 Å².